The van der Waals surface area contributed by atoms with E-state index in [4.69, 9.17) is 4.74 Å². The van der Waals surface area contributed by atoms with Crippen molar-refractivity contribution in [3.05, 3.63) is 11.8 Å². The highest BCUT2D eigenvalue weighted by atomic mass is 79.9. The average molecular weight is 453 g/mol. The zero-order chi connectivity index (χ0) is 19.3. The molecule has 2 heterocycles. The second kappa shape index (κ2) is 9.97. The van der Waals surface area contributed by atoms with E-state index in [9.17, 15) is 4.79 Å². The molecule has 0 aromatic heterocycles. The summed E-state index contributed by atoms with van der Waals surface area (Å²) in [7, 11) is 0. The Morgan fingerprint density at radius 1 is 1.04 bits per heavy atom. The summed E-state index contributed by atoms with van der Waals surface area (Å²) < 4.78 is 5.38. The number of fused-ring (bicyclic) bond motifs is 1. The second-order valence-corrected chi connectivity index (χ2v) is 10.7. The lowest BCUT2D eigenvalue weighted by atomic mass is 9.89. The summed E-state index contributed by atoms with van der Waals surface area (Å²) in [5.41, 5.74) is 1.02. The van der Waals surface area contributed by atoms with E-state index in [-0.39, 0.29) is 5.91 Å². The van der Waals surface area contributed by atoms with Crippen molar-refractivity contribution < 1.29 is 9.53 Å². The Morgan fingerprint density at radius 2 is 1.75 bits per heavy atom. The largest absolute Gasteiger partial charge is 0.381 e. The fraction of sp³-hybridized carbons (Fsp3) is 0.870. The molecule has 4 nitrogen and oxygen atoms in total. The van der Waals surface area contributed by atoms with Gasteiger partial charge < -0.3 is 15.0 Å². The van der Waals surface area contributed by atoms with Crippen LogP contribution in [0.1, 0.15) is 70.6 Å². The first kappa shape index (κ1) is 20.7. The number of nitrogens with zero attached hydrogens (tertiary/aromatic N) is 1. The van der Waals surface area contributed by atoms with Crippen molar-refractivity contribution >= 4 is 21.8 Å². The number of hydrogen-bond acceptors (Lipinski definition) is 3. The third kappa shape index (κ3) is 4.95. The van der Waals surface area contributed by atoms with Crippen LogP contribution < -0.4 is 5.32 Å². The lowest BCUT2D eigenvalue weighted by Gasteiger charge is -2.36. The molecule has 2 aliphatic carbocycles. The molecule has 5 heteroatoms. The Morgan fingerprint density at radius 3 is 2.46 bits per heavy atom. The van der Waals surface area contributed by atoms with E-state index in [1.807, 2.05) is 0 Å². The van der Waals surface area contributed by atoms with Gasteiger partial charge in [0.1, 0.15) is 0 Å². The summed E-state index contributed by atoms with van der Waals surface area (Å²) in [6.07, 6.45) is 16.5. The van der Waals surface area contributed by atoms with Crippen molar-refractivity contribution in [2.24, 2.45) is 17.8 Å². The number of rotatable bonds is 6. The predicted molar refractivity (Wildman–Crippen MR) is 116 cm³/mol. The fourth-order valence-corrected chi connectivity index (χ4v) is 6.62. The van der Waals surface area contributed by atoms with Gasteiger partial charge in [-0.2, -0.15) is 0 Å². The van der Waals surface area contributed by atoms with Gasteiger partial charge in [-0.1, -0.05) is 67.3 Å². The monoisotopic (exact) mass is 452 g/mol. The third-order valence-corrected chi connectivity index (χ3v) is 8.40. The molecule has 3 fully saturated rings. The molecule has 4 rings (SSSR count). The maximum absolute atomic E-state index is 13.1. The number of carbonyl (C=O) groups is 1. The molecule has 1 N–H and O–H groups in total. The highest BCUT2D eigenvalue weighted by Gasteiger charge is 2.43. The van der Waals surface area contributed by atoms with Crippen molar-refractivity contribution in [2.75, 3.05) is 26.3 Å². The fourth-order valence-electron chi connectivity index (χ4n) is 5.66. The molecule has 1 saturated heterocycles. The number of amides is 1. The number of hydrogen-bond donors (Lipinski definition) is 1. The van der Waals surface area contributed by atoms with Crippen molar-refractivity contribution in [3.63, 3.8) is 0 Å². The van der Waals surface area contributed by atoms with Crippen LogP contribution in [0, 0.1) is 17.8 Å². The third-order valence-electron chi connectivity index (χ3n) is 7.38. The molecule has 0 bridgehead atoms. The van der Waals surface area contributed by atoms with Gasteiger partial charge >= 0.3 is 0 Å². The van der Waals surface area contributed by atoms with Crippen LogP contribution in [-0.4, -0.2) is 48.0 Å². The SMILES string of the molecule is O=C(NCCC1CCCCCC1)C1=CN(CC2COC2)C2CCCCC(Br)C12. The Balaban J connectivity index is 1.36. The maximum Gasteiger partial charge on any atom is 0.249 e. The van der Waals surface area contributed by atoms with Gasteiger partial charge in [-0.15, -0.1) is 0 Å². The molecule has 0 aromatic carbocycles. The molecule has 0 radical (unpaired) electrons. The lowest BCUT2D eigenvalue weighted by Crippen LogP contribution is -2.43. The van der Waals surface area contributed by atoms with Crippen LogP contribution in [-0.2, 0) is 9.53 Å². The zero-order valence-electron chi connectivity index (χ0n) is 17.2. The standard InChI is InChI=1S/C23H37BrN2O2/c24-20-9-5-6-10-21-22(20)19(14-26(21)13-18-15-28-16-18)23(27)25-12-11-17-7-3-1-2-4-8-17/h14,17-18,20-22H,1-13,15-16H2,(H,25,27). The Hall–Kier alpha value is -0.550. The molecular formula is C23H37BrN2O2. The van der Waals surface area contributed by atoms with Crippen molar-refractivity contribution in [2.45, 2.75) is 81.5 Å². The minimum atomic E-state index is 0.183. The van der Waals surface area contributed by atoms with Crippen molar-refractivity contribution in [3.8, 4) is 0 Å². The quantitative estimate of drug-likeness (QED) is 0.471. The molecule has 2 saturated carbocycles. The van der Waals surface area contributed by atoms with E-state index in [1.54, 1.807) is 0 Å². The minimum absolute atomic E-state index is 0.183. The molecule has 158 valence electrons. The summed E-state index contributed by atoms with van der Waals surface area (Å²) in [4.78, 5) is 16.0. The molecule has 1 amide bonds. The van der Waals surface area contributed by atoms with Crippen LogP contribution in [0.15, 0.2) is 11.8 Å². The van der Waals surface area contributed by atoms with Crippen LogP contribution in [0.5, 0.6) is 0 Å². The summed E-state index contributed by atoms with van der Waals surface area (Å²) in [5.74, 6) is 1.96. The highest BCUT2D eigenvalue weighted by molar-refractivity contribution is 9.09. The Bertz CT molecular complexity index is 555. The Kier molecular flexibility index (Phi) is 7.38. The smallest absolute Gasteiger partial charge is 0.249 e. The molecule has 2 aliphatic heterocycles. The van der Waals surface area contributed by atoms with Crippen LogP contribution >= 0.6 is 15.9 Å². The van der Waals surface area contributed by atoms with Gasteiger partial charge in [0.2, 0.25) is 5.91 Å². The molecule has 0 spiro atoms. The van der Waals surface area contributed by atoms with Crippen molar-refractivity contribution in [1.29, 1.82) is 0 Å². The van der Waals surface area contributed by atoms with E-state index in [0.717, 1.165) is 44.2 Å². The van der Waals surface area contributed by atoms with Crippen LogP contribution in [0.4, 0.5) is 0 Å². The van der Waals surface area contributed by atoms with E-state index >= 15 is 0 Å². The Labute approximate surface area is 179 Å². The van der Waals surface area contributed by atoms with Crippen LogP contribution in [0.3, 0.4) is 0 Å². The van der Waals surface area contributed by atoms with Crippen LogP contribution in [0.2, 0.25) is 0 Å². The number of alkyl halides is 1. The zero-order valence-corrected chi connectivity index (χ0v) is 18.8. The van der Waals surface area contributed by atoms with Crippen LogP contribution in [0.25, 0.3) is 0 Å². The van der Waals surface area contributed by atoms with Gasteiger partial charge in [0.25, 0.3) is 0 Å². The molecule has 0 aromatic rings. The lowest BCUT2D eigenvalue weighted by molar-refractivity contribution is -0.118. The highest BCUT2D eigenvalue weighted by Crippen LogP contribution is 2.41. The van der Waals surface area contributed by atoms with Gasteiger partial charge in [-0.05, 0) is 25.2 Å². The summed E-state index contributed by atoms with van der Waals surface area (Å²) in [6.45, 7) is 3.63. The van der Waals surface area contributed by atoms with E-state index < -0.39 is 0 Å². The first-order valence-corrected chi connectivity index (χ1v) is 12.6. The normalized spacial score (nSPS) is 32.1. The molecule has 3 atom stereocenters. The van der Waals surface area contributed by atoms with E-state index in [2.05, 4.69) is 32.3 Å². The predicted octanol–water partition coefficient (Wildman–Crippen LogP) is 4.63. The summed E-state index contributed by atoms with van der Waals surface area (Å²) in [6, 6.07) is 0.482. The van der Waals surface area contributed by atoms with Crippen molar-refractivity contribution in [1.82, 2.24) is 10.2 Å². The number of carbonyl (C=O) groups excluding carboxylic acids is 1. The van der Waals surface area contributed by atoms with Gasteiger partial charge in [0, 0.05) is 47.6 Å². The summed E-state index contributed by atoms with van der Waals surface area (Å²) in [5, 5.41) is 3.29. The number of ether oxygens (including phenoxy) is 1. The van der Waals surface area contributed by atoms with Gasteiger partial charge in [-0.3, -0.25) is 4.79 Å². The maximum atomic E-state index is 13.1. The molecular weight excluding hydrogens is 416 g/mol. The number of halogens is 1. The first-order chi connectivity index (χ1) is 13.7. The number of nitrogens with one attached hydrogen (secondary N) is 1. The average Bonchev–Trinajstić information content (AvgIpc) is 2.81. The van der Waals surface area contributed by atoms with Gasteiger partial charge in [0.05, 0.1) is 13.2 Å². The molecule has 3 unspecified atom stereocenters. The second-order valence-electron chi connectivity index (χ2n) is 9.48. The van der Waals surface area contributed by atoms with Gasteiger partial charge in [-0.25, -0.2) is 0 Å². The van der Waals surface area contributed by atoms with E-state index in [1.165, 1.54) is 64.2 Å². The van der Waals surface area contributed by atoms with Gasteiger partial charge in [0.15, 0.2) is 0 Å². The first-order valence-electron chi connectivity index (χ1n) is 11.7. The minimum Gasteiger partial charge on any atom is -0.381 e. The topological polar surface area (TPSA) is 41.6 Å². The molecule has 4 aliphatic rings. The van der Waals surface area contributed by atoms with E-state index in [0.29, 0.717) is 22.7 Å². The summed E-state index contributed by atoms with van der Waals surface area (Å²) >= 11 is 3.95. The molecule has 28 heavy (non-hydrogen) atoms.